The van der Waals surface area contributed by atoms with Crippen molar-refractivity contribution in [1.29, 1.82) is 0 Å². The number of ether oxygens (including phenoxy) is 2. The van der Waals surface area contributed by atoms with E-state index in [9.17, 15) is 4.79 Å². The maximum atomic E-state index is 11.9. The molecule has 1 aliphatic rings. The Bertz CT molecular complexity index is 519. The first-order valence-corrected chi connectivity index (χ1v) is 9.03. The van der Waals surface area contributed by atoms with Crippen LogP contribution in [0.15, 0.2) is 18.3 Å². The van der Waals surface area contributed by atoms with E-state index in [1.165, 1.54) is 0 Å². The number of nitrogens with one attached hydrogen (secondary N) is 2. The summed E-state index contributed by atoms with van der Waals surface area (Å²) >= 11 is 0. The molecule has 0 radical (unpaired) electrons. The third-order valence-electron chi connectivity index (χ3n) is 3.82. The molecule has 0 saturated carbocycles. The van der Waals surface area contributed by atoms with Crippen molar-refractivity contribution in [2.45, 2.75) is 26.8 Å². The zero-order valence-electron chi connectivity index (χ0n) is 15.3. The third kappa shape index (κ3) is 7.27. The van der Waals surface area contributed by atoms with Gasteiger partial charge in [-0.05, 0) is 18.4 Å². The lowest BCUT2D eigenvalue weighted by Gasteiger charge is -2.29. The largest absolute Gasteiger partial charge is 0.381 e. The molecule has 0 bridgehead atoms. The van der Waals surface area contributed by atoms with E-state index in [2.05, 4.69) is 34.4 Å². The number of hydrogen-bond acceptors (Lipinski definition) is 5. The van der Waals surface area contributed by atoms with Gasteiger partial charge in [-0.25, -0.2) is 9.78 Å². The second-order valence-electron chi connectivity index (χ2n) is 6.52. The highest BCUT2D eigenvalue weighted by atomic mass is 16.5. The molecular weight excluding hydrogens is 320 g/mol. The zero-order chi connectivity index (χ0) is 17.9. The number of morpholine rings is 1. The predicted molar refractivity (Wildman–Crippen MR) is 97.8 cm³/mol. The molecule has 1 saturated heterocycles. The summed E-state index contributed by atoms with van der Waals surface area (Å²) in [4.78, 5) is 18.6. The minimum absolute atomic E-state index is 0.166. The summed E-state index contributed by atoms with van der Waals surface area (Å²) in [6.07, 6.45) is 2.59. The van der Waals surface area contributed by atoms with Gasteiger partial charge >= 0.3 is 6.03 Å². The van der Waals surface area contributed by atoms with Gasteiger partial charge in [0.25, 0.3) is 0 Å². The molecule has 7 heteroatoms. The maximum absolute atomic E-state index is 11.9. The number of urea groups is 1. The van der Waals surface area contributed by atoms with E-state index in [0.717, 1.165) is 37.5 Å². The topological polar surface area (TPSA) is 75.7 Å². The smallest absolute Gasteiger partial charge is 0.315 e. The number of rotatable bonds is 9. The standard InChI is InChI=1S/C18H30N4O3/c1-15(2)14-25-10-4-7-20-18(23)21-13-16-5-3-6-19-17(16)22-8-11-24-12-9-22/h3,5-6,15H,4,7-14H2,1-2H3,(H2,20,21,23). The molecule has 140 valence electrons. The van der Waals surface area contributed by atoms with Gasteiger partial charge in [0.05, 0.1) is 13.2 Å². The summed E-state index contributed by atoms with van der Waals surface area (Å²) in [5.74, 6) is 1.46. The second-order valence-corrected chi connectivity index (χ2v) is 6.52. The third-order valence-corrected chi connectivity index (χ3v) is 3.82. The van der Waals surface area contributed by atoms with Gasteiger partial charge in [-0.1, -0.05) is 19.9 Å². The van der Waals surface area contributed by atoms with Crippen LogP contribution < -0.4 is 15.5 Å². The molecule has 0 unspecified atom stereocenters. The number of anilines is 1. The lowest BCUT2D eigenvalue weighted by Crippen LogP contribution is -2.39. The molecule has 0 atom stereocenters. The van der Waals surface area contributed by atoms with Crippen LogP contribution in [-0.4, -0.2) is 57.1 Å². The monoisotopic (exact) mass is 350 g/mol. The van der Waals surface area contributed by atoms with Gasteiger partial charge < -0.3 is 25.0 Å². The van der Waals surface area contributed by atoms with Gasteiger partial charge in [0.15, 0.2) is 0 Å². The van der Waals surface area contributed by atoms with E-state index >= 15 is 0 Å². The van der Waals surface area contributed by atoms with Crippen molar-refractivity contribution in [1.82, 2.24) is 15.6 Å². The number of pyridine rings is 1. The fraction of sp³-hybridized carbons (Fsp3) is 0.667. The lowest BCUT2D eigenvalue weighted by atomic mass is 10.2. The number of carbonyl (C=O) groups excluding carboxylic acids is 1. The molecule has 2 heterocycles. The van der Waals surface area contributed by atoms with E-state index < -0.39 is 0 Å². The minimum atomic E-state index is -0.166. The average Bonchev–Trinajstić information content (AvgIpc) is 2.63. The van der Waals surface area contributed by atoms with Crippen LogP contribution in [0.2, 0.25) is 0 Å². The van der Waals surface area contributed by atoms with Crippen LogP contribution in [0, 0.1) is 5.92 Å². The molecule has 1 aromatic heterocycles. The average molecular weight is 350 g/mol. The number of amides is 2. The summed E-state index contributed by atoms with van der Waals surface area (Å²) in [6.45, 7) is 9.80. The Labute approximate surface area is 150 Å². The first kappa shape index (κ1) is 19.5. The molecule has 0 spiro atoms. The van der Waals surface area contributed by atoms with Gasteiger partial charge in [-0.15, -0.1) is 0 Å². The molecule has 2 N–H and O–H groups in total. The van der Waals surface area contributed by atoms with Crippen molar-refractivity contribution in [2.24, 2.45) is 5.92 Å². The lowest BCUT2D eigenvalue weighted by molar-refractivity contribution is 0.108. The summed E-state index contributed by atoms with van der Waals surface area (Å²) in [5.41, 5.74) is 1.01. The molecule has 7 nitrogen and oxygen atoms in total. The van der Waals surface area contributed by atoms with Crippen LogP contribution in [0.4, 0.5) is 10.6 Å². The number of nitrogens with zero attached hydrogens (tertiary/aromatic N) is 2. The van der Waals surface area contributed by atoms with Crippen LogP contribution in [0.5, 0.6) is 0 Å². The molecule has 1 aromatic rings. The van der Waals surface area contributed by atoms with Crippen molar-refractivity contribution in [3.05, 3.63) is 23.9 Å². The number of hydrogen-bond donors (Lipinski definition) is 2. The first-order chi connectivity index (χ1) is 12.2. The Kier molecular flexibility index (Phi) is 8.48. The molecular formula is C18H30N4O3. The summed E-state index contributed by atoms with van der Waals surface area (Å²) in [6, 6.07) is 3.73. The highest BCUT2D eigenvalue weighted by Crippen LogP contribution is 2.18. The SMILES string of the molecule is CC(C)COCCCNC(=O)NCc1cccnc1N1CCOCC1. The Hall–Kier alpha value is -1.86. The Balaban J connectivity index is 1.69. The highest BCUT2D eigenvalue weighted by Gasteiger charge is 2.16. The Morgan fingerprint density at radius 2 is 2.16 bits per heavy atom. The van der Waals surface area contributed by atoms with E-state index in [4.69, 9.17) is 9.47 Å². The normalized spacial score (nSPS) is 14.6. The highest BCUT2D eigenvalue weighted by molar-refractivity contribution is 5.74. The first-order valence-electron chi connectivity index (χ1n) is 9.03. The van der Waals surface area contributed by atoms with E-state index in [-0.39, 0.29) is 6.03 Å². The van der Waals surface area contributed by atoms with Crippen LogP contribution in [0.25, 0.3) is 0 Å². The van der Waals surface area contributed by atoms with Gasteiger partial charge in [0.1, 0.15) is 5.82 Å². The molecule has 0 aliphatic carbocycles. The van der Waals surface area contributed by atoms with Gasteiger partial charge in [0, 0.05) is 51.2 Å². The second kappa shape index (κ2) is 10.9. The van der Waals surface area contributed by atoms with E-state index in [1.54, 1.807) is 6.20 Å². The van der Waals surface area contributed by atoms with Crippen molar-refractivity contribution >= 4 is 11.8 Å². The summed E-state index contributed by atoms with van der Waals surface area (Å²) in [7, 11) is 0. The predicted octanol–water partition coefficient (Wildman–Crippen LogP) is 1.78. The van der Waals surface area contributed by atoms with Crippen molar-refractivity contribution in [2.75, 3.05) is 51.0 Å². The van der Waals surface area contributed by atoms with Crippen LogP contribution in [0.1, 0.15) is 25.8 Å². The molecule has 1 aliphatic heterocycles. The van der Waals surface area contributed by atoms with Crippen molar-refractivity contribution in [3.63, 3.8) is 0 Å². The van der Waals surface area contributed by atoms with Gasteiger partial charge in [-0.3, -0.25) is 0 Å². The maximum Gasteiger partial charge on any atom is 0.315 e. The quantitative estimate of drug-likeness (QED) is 0.664. The fourth-order valence-corrected chi connectivity index (χ4v) is 2.56. The number of carbonyl (C=O) groups is 1. The zero-order valence-corrected chi connectivity index (χ0v) is 15.3. The van der Waals surface area contributed by atoms with Crippen molar-refractivity contribution in [3.8, 4) is 0 Å². The minimum Gasteiger partial charge on any atom is -0.381 e. The molecule has 2 amide bonds. The van der Waals surface area contributed by atoms with Gasteiger partial charge in [-0.2, -0.15) is 0 Å². The molecule has 25 heavy (non-hydrogen) atoms. The Morgan fingerprint density at radius 1 is 1.36 bits per heavy atom. The van der Waals surface area contributed by atoms with E-state index in [0.29, 0.717) is 38.8 Å². The Morgan fingerprint density at radius 3 is 2.92 bits per heavy atom. The summed E-state index contributed by atoms with van der Waals surface area (Å²) < 4.78 is 10.9. The van der Waals surface area contributed by atoms with Crippen LogP contribution >= 0.6 is 0 Å². The summed E-state index contributed by atoms with van der Waals surface area (Å²) in [5, 5.41) is 5.75. The molecule has 0 aromatic carbocycles. The molecule has 2 rings (SSSR count). The molecule has 1 fully saturated rings. The van der Waals surface area contributed by atoms with Crippen molar-refractivity contribution < 1.29 is 14.3 Å². The fourth-order valence-electron chi connectivity index (χ4n) is 2.56. The van der Waals surface area contributed by atoms with E-state index in [1.807, 2.05) is 12.1 Å². The van der Waals surface area contributed by atoms with Crippen LogP contribution in [0.3, 0.4) is 0 Å². The number of aromatic nitrogens is 1. The van der Waals surface area contributed by atoms with Gasteiger partial charge in [0.2, 0.25) is 0 Å². The van der Waals surface area contributed by atoms with Crippen LogP contribution in [-0.2, 0) is 16.0 Å².